The van der Waals surface area contributed by atoms with E-state index in [1.165, 1.54) is 32.0 Å². The molecule has 0 atom stereocenters. The third-order valence-electron chi connectivity index (χ3n) is 8.63. The van der Waals surface area contributed by atoms with Crippen molar-refractivity contribution in [3.63, 3.8) is 0 Å². The highest BCUT2D eigenvalue weighted by molar-refractivity contribution is 7.99. The van der Waals surface area contributed by atoms with Crippen molar-refractivity contribution in [3.05, 3.63) is 113 Å². The predicted molar refractivity (Wildman–Crippen MR) is 148 cm³/mol. The number of nitrogens with zero attached hydrogens (tertiary/aromatic N) is 1. The van der Waals surface area contributed by atoms with E-state index in [4.69, 9.17) is 9.31 Å². The molecule has 0 unspecified atom stereocenters. The molecule has 0 bridgehead atoms. The van der Waals surface area contributed by atoms with Gasteiger partial charge in [0.15, 0.2) is 0 Å². The highest BCUT2D eigenvalue weighted by atomic mass is 32.2. The van der Waals surface area contributed by atoms with Gasteiger partial charge in [-0.25, -0.2) is 0 Å². The van der Waals surface area contributed by atoms with Gasteiger partial charge in [0.05, 0.1) is 28.2 Å². The van der Waals surface area contributed by atoms with E-state index in [0.29, 0.717) is 5.56 Å². The number of fused-ring (bicyclic) bond motifs is 9. The van der Waals surface area contributed by atoms with Crippen molar-refractivity contribution in [2.24, 2.45) is 0 Å². The van der Waals surface area contributed by atoms with Crippen LogP contribution in [0.4, 0.5) is 0 Å². The topological polar surface area (TPSA) is 42.2 Å². The summed E-state index contributed by atoms with van der Waals surface area (Å²) in [6.07, 6.45) is 0. The van der Waals surface area contributed by atoms with Gasteiger partial charge in [-0.2, -0.15) is 5.26 Å². The molecule has 1 spiro atoms. The maximum Gasteiger partial charge on any atom is 0.495 e. The monoisotopic (exact) mass is 499 g/mol. The van der Waals surface area contributed by atoms with E-state index in [2.05, 4.69) is 107 Å². The summed E-state index contributed by atoms with van der Waals surface area (Å²) in [6, 6.07) is 32.5. The average molecular weight is 499 g/mol. The number of hydrogen-bond acceptors (Lipinski definition) is 4. The van der Waals surface area contributed by atoms with E-state index < -0.39 is 23.7 Å². The second kappa shape index (κ2) is 7.62. The summed E-state index contributed by atoms with van der Waals surface area (Å²) < 4.78 is 13.1. The SMILES string of the molecule is CC1(C)OB(c2cccc3c2-c2cc(C#N)ccc2C32c3ccccc3Sc3ccccc32)OC1(C)C. The van der Waals surface area contributed by atoms with Crippen LogP contribution in [0.15, 0.2) is 94.7 Å². The third-order valence-corrected chi connectivity index (χ3v) is 9.78. The fourth-order valence-electron chi connectivity index (χ4n) is 6.22. The van der Waals surface area contributed by atoms with Gasteiger partial charge in [0, 0.05) is 9.79 Å². The summed E-state index contributed by atoms with van der Waals surface area (Å²) in [5.74, 6) is 0. The van der Waals surface area contributed by atoms with E-state index in [1.807, 2.05) is 23.9 Å². The van der Waals surface area contributed by atoms with Crippen LogP contribution in [0, 0.1) is 11.3 Å². The van der Waals surface area contributed by atoms with Gasteiger partial charge < -0.3 is 9.31 Å². The zero-order valence-corrected chi connectivity index (χ0v) is 22.1. The standard InChI is InChI=1S/C32H26BNO2S/c1-30(2)31(3,4)36-33(35-30)26-13-9-12-25-29(26)21-18-20(19-34)16-17-22(21)32(25)23-10-5-7-14-27(23)37-28-15-8-6-11-24(28)32/h5-18H,1-4H3. The van der Waals surface area contributed by atoms with Crippen molar-refractivity contribution in [2.75, 3.05) is 0 Å². The maximum atomic E-state index is 9.85. The molecular weight excluding hydrogens is 473 g/mol. The summed E-state index contributed by atoms with van der Waals surface area (Å²) in [6.45, 7) is 8.35. The minimum Gasteiger partial charge on any atom is -0.399 e. The molecule has 1 fully saturated rings. The molecule has 5 heteroatoms. The normalized spacial score (nSPS) is 19.1. The van der Waals surface area contributed by atoms with Gasteiger partial charge in [0.25, 0.3) is 0 Å². The van der Waals surface area contributed by atoms with Crippen molar-refractivity contribution in [2.45, 2.75) is 54.1 Å². The van der Waals surface area contributed by atoms with Gasteiger partial charge in [0.2, 0.25) is 0 Å². The molecule has 7 rings (SSSR count). The zero-order valence-electron chi connectivity index (χ0n) is 21.3. The van der Waals surface area contributed by atoms with Crippen molar-refractivity contribution in [3.8, 4) is 17.2 Å². The second-order valence-corrected chi connectivity index (χ2v) is 12.2. The Kier molecular flexibility index (Phi) is 4.71. The molecule has 0 saturated carbocycles. The molecule has 4 aromatic carbocycles. The molecule has 180 valence electrons. The van der Waals surface area contributed by atoms with E-state index in [9.17, 15) is 5.26 Å². The Morgan fingerprint density at radius 3 is 1.92 bits per heavy atom. The highest BCUT2D eigenvalue weighted by Crippen LogP contribution is 2.62. The molecule has 3 nitrogen and oxygen atoms in total. The third kappa shape index (κ3) is 2.92. The lowest BCUT2D eigenvalue weighted by Crippen LogP contribution is -2.41. The minimum absolute atomic E-state index is 0.450. The zero-order chi connectivity index (χ0) is 25.6. The van der Waals surface area contributed by atoms with Crippen LogP contribution in [0.5, 0.6) is 0 Å². The van der Waals surface area contributed by atoms with Crippen LogP contribution in [-0.4, -0.2) is 18.3 Å². The Morgan fingerprint density at radius 1 is 0.703 bits per heavy atom. The summed E-state index contributed by atoms with van der Waals surface area (Å²) in [5.41, 5.74) is 7.43. The quantitative estimate of drug-likeness (QED) is 0.237. The Bertz CT molecular complexity index is 1590. The van der Waals surface area contributed by atoms with Gasteiger partial charge in [-0.1, -0.05) is 72.4 Å². The van der Waals surface area contributed by atoms with E-state index in [1.54, 1.807) is 0 Å². The lowest BCUT2D eigenvalue weighted by atomic mass is 9.66. The first-order valence-corrected chi connectivity index (χ1v) is 13.5. The van der Waals surface area contributed by atoms with Gasteiger partial charge in [-0.3, -0.25) is 0 Å². The second-order valence-electron chi connectivity index (χ2n) is 11.1. The summed E-state index contributed by atoms with van der Waals surface area (Å²) in [7, 11) is -0.503. The van der Waals surface area contributed by atoms with Gasteiger partial charge in [-0.05, 0) is 90.8 Å². The fraction of sp³-hybridized carbons (Fsp3) is 0.219. The number of rotatable bonds is 1. The van der Waals surface area contributed by atoms with Crippen LogP contribution in [0.2, 0.25) is 0 Å². The van der Waals surface area contributed by atoms with Crippen LogP contribution >= 0.6 is 11.8 Å². The van der Waals surface area contributed by atoms with Crippen LogP contribution in [0.1, 0.15) is 55.5 Å². The van der Waals surface area contributed by atoms with Crippen molar-refractivity contribution >= 4 is 24.3 Å². The molecule has 3 aliphatic rings. The Morgan fingerprint density at radius 2 is 1.30 bits per heavy atom. The Labute approximate surface area is 222 Å². The fourth-order valence-corrected chi connectivity index (χ4v) is 7.41. The van der Waals surface area contributed by atoms with Crippen LogP contribution < -0.4 is 5.46 Å². The van der Waals surface area contributed by atoms with E-state index >= 15 is 0 Å². The summed E-state index contributed by atoms with van der Waals surface area (Å²) >= 11 is 1.83. The number of hydrogen-bond donors (Lipinski definition) is 0. The van der Waals surface area contributed by atoms with Gasteiger partial charge in [0.1, 0.15) is 0 Å². The van der Waals surface area contributed by atoms with Gasteiger partial charge >= 0.3 is 7.12 Å². The molecule has 37 heavy (non-hydrogen) atoms. The van der Waals surface area contributed by atoms with Crippen molar-refractivity contribution in [1.82, 2.24) is 0 Å². The summed E-state index contributed by atoms with van der Waals surface area (Å²) in [5, 5.41) is 9.85. The van der Waals surface area contributed by atoms with Gasteiger partial charge in [-0.15, -0.1) is 0 Å². The largest absolute Gasteiger partial charge is 0.495 e. The highest BCUT2D eigenvalue weighted by Gasteiger charge is 2.55. The smallest absolute Gasteiger partial charge is 0.399 e. The van der Waals surface area contributed by atoms with Crippen molar-refractivity contribution < 1.29 is 9.31 Å². The molecular formula is C32H26BNO2S. The van der Waals surface area contributed by atoms with Crippen LogP contribution in [0.3, 0.4) is 0 Å². The molecule has 2 heterocycles. The average Bonchev–Trinajstić information content (AvgIpc) is 3.31. The predicted octanol–water partition coefficient (Wildman–Crippen LogP) is 6.69. The van der Waals surface area contributed by atoms with Crippen LogP contribution in [0.25, 0.3) is 11.1 Å². The first-order chi connectivity index (χ1) is 17.8. The maximum absolute atomic E-state index is 9.85. The molecule has 0 radical (unpaired) electrons. The minimum atomic E-state index is -0.503. The van der Waals surface area contributed by atoms with E-state index in [0.717, 1.165) is 16.6 Å². The van der Waals surface area contributed by atoms with E-state index in [-0.39, 0.29) is 0 Å². The molecule has 2 aliphatic heterocycles. The molecule has 0 amide bonds. The summed E-state index contributed by atoms with van der Waals surface area (Å²) in [4.78, 5) is 2.51. The molecule has 1 aliphatic carbocycles. The Balaban J connectivity index is 1.60. The van der Waals surface area contributed by atoms with Crippen LogP contribution in [-0.2, 0) is 14.7 Å². The molecule has 1 saturated heterocycles. The lowest BCUT2D eigenvalue weighted by molar-refractivity contribution is 0.00578. The Hall–Kier alpha value is -3.30. The van der Waals surface area contributed by atoms with Crippen molar-refractivity contribution in [1.29, 1.82) is 5.26 Å². The first-order valence-electron chi connectivity index (χ1n) is 12.7. The number of benzene rings is 4. The first kappa shape index (κ1) is 22.9. The molecule has 0 aromatic heterocycles. The molecule has 4 aromatic rings. The number of nitriles is 1. The molecule has 0 N–H and O–H groups in total. The lowest BCUT2D eigenvalue weighted by Gasteiger charge is -2.39.